The summed E-state index contributed by atoms with van der Waals surface area (Å²) in [5.74, 6) is -0.268. The predicted octanol–water partition coefficient (Wildman–Crippen LogP) is 1.28. The molecular formula is C8H6FN3O2. The molecule has 0 saturated carbocycles. The zero-order valence-electron chi connectivity index (χ0n) is 7.27. The maximum absolute atomic E-state index is 13.2. The summed E-state index contributed by atoms with van der Waals surface area (Å²) in [6.45, 7) is 0. The number of hydrogen-bond acceptors (Lipinski definition) is 5. The number of halogens is 1. The van der Waals surface area contributed by atoms with Gasteiger partial charge in [-0.25, -0.2) is 9.37 Å². The topological polar surface area (TPSA) is 61.0 Å². The van der Waals surface area contributed by atoms with Crippen molar-refractivity contribution in [2.75, 3.05) is 7.11 Å². The van der Waals surface area contributed by atoms with Gasteiger partial charge in [0.05, 0.1) is 13.3 Å². The molecule has 0 radical (unpaired) electrons. The highest BCUT2D eigenvalue weighted by atomic mass is 19.1. The zero-order valence-corrected chi connectivity index (χ0v) is 7.27. The van der Waals surface area contributed by atoms with Crippen molar-refractivity contribution in [2.24, 2.45) is 0 Å². The van der Waals surface area contributed by atoms with Crippen molar-refractivity contribution in [3.63, 3.8) is 0 Å². The van der Waals surface area contributed by atoms with Gasteiger partial charge in [-0.15, -0.1) is 10.2 Å². The lowest BCUT2D eigenvalue weighted by Gasteiger charge is -2.00. The van der Waals surface area contributed by atoms with Crippen molar-refractivity contribution >= 4 is 0 Å². The Morgan fingerprint density at radius 2 is 2.36 bits per heavy atom. The van der Waals surface area contributed by atoms with Crippen molar-refractivity contribution < 1.29 is 13.5 Å². The molecule has 0 bridgehead atoms. The predicted molar refractivity (Wildman–Crippen MR) is 44.0 cm³/mol. The Bertz CT molecular complexity index is 430. The van der Waals surface area contributed by atoms with Crippen LogP contribution in [0.3, 0.4) is 0 Å². The van der Waals surface area contributed by atoms with E-state index in [1.54, 1.807) is 0 Å². The Labute approximate surface area is 78.6 Å². The highest BCUT2D eigenvalue weighted by Gasteiger charge is 2.09. The molecule has 0 aromatic carbocycles. The summed E-state index contributed by atoms with van der Waals surface area (Å²) in [7, 11) is 1.37. The Morgan fingerprint density at radius 1 is 1.50 bits per heavy atom. The summed E-state index contributed by atoms with van der Waals surface area (Å²) in [6, 6.07) is 1.17. The summed E-state index contributed by atoms with van der Waals surface area (Å²) in [4.78, 5) is 3.89. The number of pyridine rings is 1. The second kappa shape index (κ2) is 3.41. The molecule has 0 aliphatic carbocycles. The van der Waals surface area contributed by atoms with E-state index in [2.05, 4.69) is 15.2 Å². The van der Waals surface area contributed by atoms with Crippen molar-refractivity contribution in [1.82, 2.24) is 15.2 Å². The fourth-order valence-corrected chi connectivity index (χ4v) is 0.970. The van der Waals surface area contributed by atoms with Gasteiger partial charge in [-0.05, 0) is 0 Å². The van der Waals surface area contributed by atoms with E-state index in [0.29, 0.717) is 0 Å². The van der Waals surface area contributed by atoms with Crippen LogP contribution >= 0.6 is 0 Å². The highest BCUT2D eigenvalue weighted by Crippen LogP contribution is 2.20. The van der Waals surface area contributed by atoms with Gasteiger partial charge in [0.15, 0.2) is 11.6 Å². The lowest BCUT2D eigenvalue weighted by molar-refractivity contribution is 0.384. The van der Waals surface area contributed by atoms with E-state index in [1.807, 2.05) is 0 Å². The van der Waals surface area contributed by atoms with Gasteiger partial charge in [0.2, 0.25) is 6.39 Å². The number of ether oxygens (including phenoxy) is 1. The van der Waals surface area contributed by atoms with E-state index in [-0.39, 0.29) is 17.3 Å². The second-order valence-corrected chi connectivity index (χ2v) is 2.45. The normalized spacial score (nSPS) is 10.1. The molecule has 0 fully saturated rings. The fraction of sp³-hybridized carbons (Fsp3) is 0.125. The Kier molecular flexibility index (Phi) is 2.10. The third kappa shape index (κ3) is 1.41. The van der Waals surface area contributed by atoms with Gasteiger partial charge in [-0.1, -0.05) is 0 Å². The monoisotopic (exact) mass is 195 g/mol. The smallest absolute Gasteiger partial charge is 0.266 e. The van der Waals surface area contributed by atoms with Crippen LogP contribution in [0.25, 0.3) is 11.6 Å². The Balaban J connectivity index is 2.43. The van der Waals surface area contributed by atoms with Crippen molar-refractivity contribution in [3.8, 4) is 17.3 Å². The van der Waals surface area contributed by atoms with E-state index in [0.717, 1.165) is 6.39 Å². The van der Waals surface area contributed by atoms with Crippen molar-refractivity contribution in [2.45, 2.75) is 0 Å². The van der Waals surface area contributed by atoms with Crippen LogP contribution in [-0.2, 0) is 0 Å². The highest BCUT2D eigenvalue weighted by molar-refractivity contribution is 5.47. The molecule has 2 aromatic heterocycles. The molecule has 0 atom stereocenters. The molecule has 0 N–H and O–H groups in total. The minimum absolute atomic E-state index is 0.0771. The SMILES string of the molecule is COc1cnc(-c2nnco2)cc1F. The molecule has 14 heavy (non-hydrogen) atoms. The number of methoxy groups -OCH3 is 1. The average Bonchev–Trinajstić information content (AvgIpc) is 2.70. The third-order valence-corrected chi connectivity index (χ3v) is 1.62. The van der Waals surface area contributed by atoms with Gasteiger partial charge in [0.25, 0.3) is 5.89 Å². The lowest BCUT2D eigenvalue weighted by Crippen LogP contribution is -1.91. The van der Waals surface area contributed by atoms with Crippen LogP contribution in [0.1, 0.15) is 0 Å². The first-order chi connectivity index (χ1) is 6.81. The van der Waals surface area contributed by atoms with E-state index < -0.39 is 5.82 Å². The van der Waals surface area contributed by atoms with Crippen LogP contribution in [-0.4, -0.2) is 22.3 Å². The molecule has 72 valence electrons. The summed E-state index contributed by atoms with van der Waals surface area (Å²) < 4.78 is 22.8. The van der Waals surface area contributed by atoms with Gasteiger partial charge in [-0.2, -0.15) is 0 Å². The molecular weight excluding hydrogens is 189 g/mol. The van der Waals surface area contributed by atoms with E-state index in [1.165, 1.54) is 19.4 Å². The van der Waals surface area contributed by atoms with E-state index in [4.69, 9.17) is 9.15 Å². The number of rotatable bonds is 2. The van der Waals surface area contributed by atoms with Gasteiger partial charge >= 0.3 is 0 Å². The minimum Gasteiger partial charge on any atom is -0.492 e. The Morgan fingerprint density at radius 3 is 2.93 bits per heavy atom. The average molecular weight is 195 g/mol. The maximum atomic E-state index is 13.2. The third-order valence-electron chi connectivity index (χ3n) is 1.62. The van der Waals surface area contributed by atoms with E-state index in [9.17, 15) is 4.39 Å². The van der Waals surface area contributed by atoms with Crippen molar-refractivity contribution in [1.29, 1.82) is 0 Å². The second-order valence-electron chi connectivity index (χ2n) is 2.45. The van der Waals surface area contributed by atoms with Gasteiger partial charge in [-0.3, -0.25) is 0 Å². The quantitative estimate of drug-likeness (QED) is 0.722. The van der Waals surface area contributed by atoms with Crippen LogP contribution in [0, 0.1) is 5.82 Å². The van der Waals surface area contributed by atoms with Crippen LogP contribution in [0.4, 0.5) is 4.39 Å². The molecule has 0 spiro atoms. The molecule has 2 rings (SSSR count). The molecule has 0 amide bonds. The van der Waals surface area contributed by atoms with Crippen LogP contribution in [0.2, 0.25) is 0 Å². The summed E-state index contributed by atoms with van der Waals surface area (Å²) in [5.41, 5.74) is 0.279. The number of nitrogens with zero attached hydrogens (tertiary/aromatic N) is 3. The molecule has 2 heterocycles. The largest absolute Gasteiger partial charge is 0.492 e. The van der Waals surface area contributed by atoms with Gasteiger partial charge in [0.1, 0.15) is 5.69 Å². The maximum Gasteiger partial charge on any atom is 0.266 e. The number of aromatic nitrogens is 3. The molecule has 0 aliphatic rings. The number of hydrogen-bond donors (Lipinski definition) is 0. The Hall–Kier alpha value is -1.98. The van der Waals surface area contributed by atoms with Gasteiger partial charge in [0, 0.05) is 6.07 Å². The molecule has 5 nitrogen and oxygen atoms in total. The lowest BCUT2D eigenvalue weighted by atomic mass is 10.3. The summed E-state index contributed by atoms with van der Waals surface area (Å²) in [6.07, 6.45) is 2.41. The van der Waals surface area contributed by atoms with E-state index >= 15 is 0 Å². The molecule has 0 saturated heterocycles. The van der Waals surface area contributed by atoms with Crippen LogP contribution in [0.15, 0.2) is 23.1 Å². The summed E-state index contributed by atoms with van der Waals surface area (Å²) >= 11 is 0. The molecule has 0 aliphatic heterocycles. The van der Waals surface area contributed by atoms with Crippen LogP contribution in [0.5, 0.6) is 5.75 Å². The summed E-state index contributed by atoms with van der Waals surface area (Å²) in [5, 5.41) is 7.06. The van der Waals surface area contributed by atoms with Crippen molar-refractivity contribution in [3.05, 3.63) is 24.5 Å². The fourth-order valence-electron chi connectivity index (χ4n) is 0.970. The standard InChI is InChI=1S/C8H6FN3O2/c1-13-7-3-10-6(2-5(7)9)8-12-11-4-14-8/h2-4H,1H3. The first-order valence-electron chi connectivity index (χ1n) is 3.77. The molecule has 6 heteroatoms. The molecule has 2 aromatic rings. The molecule has 0 unspecified atom stereocenters. The first kappa shape index (κ1) is 8.61. The first-order valence-corrected chi connectivity index (χ1v) is 3.77. The van der Waals surface area contributed by atoms with Crippen LogP contribution < -0.4 is 4.74 Å². The minimum atomic E-state index is -0.518. The zero-order chi connectivity index (χ0) is 9.97. The van der Waals surface area contributed by atoms with Gasteiger partial charge < -0.3 is 9.15 Å².